The van der Waals surface area contributed by atoms with Crippen LogP contribution in [0.1, 0.15) is 49.1 Å². The number of nitrogens with one attached hydrogen (secondary N) is 1. The van der Waals surface area contributed by atoms with E-state index in [2.05, 4.69) is 29.2 Å². The predicted molar refractivity (Wildman–Crippen MR) is 75.3 cm³/mol. The molecule has 0 amide bonds. The quantitative estimate of drug-likeness (QED) is 0.591. The Balaban J connectivity index is 1.82. The van der Waals surface area contributed by atoms with Crippen molar-refractivity contribution in [2.24, 2.45) is 0 Å². The largest absolute Gasteiger partial charge is 0.360 e. The molecule has 0 radical (unpaired) electrons. The van der Waals surface area contributed by atoms with Crippen molar-refractivity contribution < 1.29 is 0 Å². The van der Waals surface area contributed by atoms with E-state index in [-0.39, 0.29) is 0 Å². The van der Waals surface area contributed by atoms with Gasteiger partial charge in [0.2, 0.25) is 0 Å². The minimum absolute atomic E-state index is 0.355. The molecule has 2 heteroatoms. The van der Waals surface area contributed by atoms with Crippen molar-refractivity contribution in [3.05, 3.63) is 35.4 Å². The molecule has 1 aromatic rings. The number of likely N-dealkylation sites (tertiary alicyclic amines) is 1. The number of amidine groups is 1. The summed E-state index contributed by atoms with van der Waals surface area (Å²) < 4.78 is 0. The summed E-state index contributed by atoms with van der Waals surface area (Å²) >= 11 is 0. The first-order valence-electron chi connectivity index (χ1n) is 7.27. The van der Waals surface area contributed by atoms with Crippen LogP contribution in [-0.4, -0.2) is 23.8 Å². The third-order valence-electron chi connectivity index (χ3n) is 4.40. The lowest BCUT2D eigenvalue weighted by atomic mass is 9.81. The minimum Gasteiger partial charge on any atom is -0.360 e. The van der Waals surface area contributed by atoms with Crippen LogP contribution in [0, 0.1) is 5.41 Å². The fourth-order valence-corrected chi connectivity index (χ4v) is 3.39. The molecule has 1 aliphatic carbocycles. The standard InChI is InChI=1S/C16H22N2/c17-16(18-11-4-1-5-12-18)15-10-6-8-13-7-2-3-9-14(13)15/h2-3,7,9,15,17H,1,4-6,8,10-12H2. The zero-order valence-electron chi connectivity index (χ0n) is 11.0. The SMILES string of the molecule is N=C(C1CCCc2ccccc21)N1CCCCC1. The molecule has 96 valence electrons. The maximum absolute atomic E-state index is 8.53. The number of piperidine rings is 1. The first-order chi connectivity index (χ1) is 8.86. The molecule has 0 saturated carbocycles. The summed E-state index contributed by atoms with van der Waals surface area (Å²) in [7, 11) is 0. The number of rotatable bonds is 1. The van der Waals surface area contributed by atoms with Gasteiger partial charge in [0.15, 0.2) is 0 Å². The lowest BCUT2D eigenvalue weighted by molar-refractivity contribution is 0.328. The van der Waals surface area contributed by atoms with Gasteiger partial charge in [0.05, 0.1) is 0 Å². The van der Waals surface area contributed by atoms with E-state index in [0.717, 1.165) is 25.3 Å². The first-order valence-corrected chi connectivity index (χ1v) is 7.27. The van der Waals surface area contributed by atoms with E-state index >= 15 is 0 Å². The Bertz CT molecular complexity index is 432. The van der Waals surface area contributed by atoms with Gasteiger partial charge in [-0.2, -0.15) is 0 Å². The van der Waals surface area contributed by atoms with E-state index in [1.165, 1.54) is 43.2 Å². The van der Waals surface area contributed by atoms with Crippen LogP contribution in [0.2, 0.25) is 0 Å². The van der Waals surface area contributed by atoms with E-state index in [1.807, 2.05) is 0 Å². The van der Waals surface area contributed by atoms with Crippen molar-refractivity contribution in [3.63, 3.8) is 0 Å². The Labute approximate surface area is 110 Å². The van der Waals surface area contributed by atoms with Crippen molar-refractivity contribution in [3.8, 4) is 0 Å². The van der Waals surface area contributed by atoms with Crippen LogP contribution in [0.4, 0.5) is 0 Å². The molecule has 1 saturated heterocycles. The number of fused-ring (bicyclic) bond motifs is 1. The highest BCUT2D eigenvalue weighted by Crippen LogP contribution is 2.33. The highest BCUT2D eigenvalue weighted by Gasteiger charge is 2.27. The number of nitrogens with zero attached hydrogens (tertiary/aromatic N) is 1. The molecule has 18 heavy (non-hydrogen) atoms. The van der Waals surface area contributed by atoms with Gasteiger partial charge in [0.1, 0.15) is 5.84 Å². The Hall–Kier alpha value is -1.31. The molecule has 2 aliphatic rings. The zero-order chi connectivity index (χ0) is 12.4. The van der Waals surface area contributed by atoms with Crippen molar-refractivity contribution in [1.82, 2.24) is 4.90 Å². The Morgan fingerprint density at radius 3 is 2.67 bits per heavy atom. The van der Waals surface area contributed by atoms with Crippen LogP contribution in [0.25, 0.3) is 0 Å². The Kier molecular flexibility index (Phi) is 3.35. The maximum Gasteiger partial charge on any atom is 0.103 e. The fourth-order valence-electron chi connectivity index (χ4n) is 3.39. The fraction of sp³-hybridized carbons (Fsp3) is 0.562. The number of aryl methyl sites for hydroxylation is 1. The zero-order valence-corrected chi connectivity index (χ0v) is 11.0. The van der Waals surface area contributed by atoms with Crippen LogP contribution in [0.5, 0.6) is 0 Å². The summed E-state index contributed by atoms with van der Waals surface area (Å²) in [6.45, 7) is 2.19. The molecule has 1 unspecified atom stereocenters. The van der Waals surface area contributed by atoms with Gasteiger partial charge in [-0.15, -0.1) is 0 Å². The molecule has 1 fully saturated rings. The van der Waals surface area contributed by atoms with Crippen molar-refractivity contribution in [2.45, 2.75) is 44.4 Å². The van der Waals surface area contributed by atoms with Gasteiger partial charge in [-0.05, 0) is 49.7 Å². The molecule has 0 aromatic heterocycles. The van der Waals surface area contributed by atoms with Crippen LogP contribution in [-0.2, 0) is 6.42 Å². The summed E-state index contributed by atoms with van der Waals surface area (Å²) in [4.78, 5) is 2.32. The molecule has 1 N–H and O–H groups in total. The van der Waals surface area contributed by atoms with E-state index in [1.54, 1.807) is 0 Å². The van der Waals surface area contributed by atoms with Gasteiger partial charge in [-0.3, -0.25) is 5.41 Å². The average molecular weight is 242 g/mol. The second-order valence-electron chi connectivity index (χ2n) is 5.58. The number of hydrogen-bond donors (Lipinski definition) is 1. The summed E-state index contributed by atoms with van der Waals surface area (Å²) in [5.41, 5.74) is 2.88. The van der Waals surface area contributed by atoms with Crippen molar-refractivity contribution in [2.75, 3.05) is 13.1 Å². The van der Waals surface area contributed by atoms with E-state index < -0.39 is 0 Å². The van der Waals surface area contributed by atoms with Gasteiger partial charge in [0.25, 0.3) is 0 Å². The predicted octanol–water partition coefficient (Wildman–Crippen LogP) is 3.57. The summed E-state index contributed by atoms with van der Waals surface area (Å²) in [5, 5.41) is 8.53. The highest BCUT2D eigenvalue weighted by molar-refractivity contribution is 5.87. The second kappa shape index (κ2) is 5.13. The minimum atomic E-state index is 0.355. The topological polar surface area (TPSA) is 27.1 Å². The highest BCUT2D eigenvalue weighted by atomic mass is 15.2. The second-order valence-corrected chi connectivity index (χ2v) is 5.58. The van der Waals surface area contributed by atoms with Crippen LogP contribution in [0.3, 0.4) is 0 Å². The van der Waals surface area contributed by atoms with Gasteiger partial charge in [-0.1, -0.05) is 24.3 Å². The summed E-state index contributed by atoms with van der Waals surface area (Å²) in [6.07, 6.45) is 7.45. The molecule has 2 nitrogen and oxygen atoms in total. The Morgan fingerprint density at radius 2 is 1.83 bits per heavy atom. The smallest absolute Gasteiger partial charge is 0.103 e. The van der Waals surface area contributed by atoms with Gasteiger partial charge in [-0.25, -0.2) is 0 Å². The monoisotopic (exact) mass is 242 g/mol. The molecular formula is C16H22N2. The Morgan fingerprint density at radius 1 is 1.06 bits per heavy atom. The number of benzene rings is 1. The van der Waals surface area contributed by atoms with E-state index in [0.29, 0.717) is 5.92 Å². The lowest BCUT2D eigenvalue weighted by Gasteiger charge is -2.35. The van der Waals surface area contributed by atoms with Gasteiger partial charge >= 0.3 is 0 Å². The third kappa shape index (κ3) is 2.16. The molecule has 1 aliphatic heterocycles. The first kappa shape index (κ1) is 11.8. The summed E-state index contributed by atoms with van der Waals surface area (Å²) in [6, 6.07) is 8.73. The number of hydrogen-bond acceptors (Lipinski definition) is 1. The molecule has 3 rings (SSSR count). The molecule has 1 aromatic carbocycles. The van der Waals surface area contributed by atoms with Gasteiger partial charge < -0.3 is 4.90 Å². The third-order valence-corrected chi connectivity index (χ3v) is 4.40. The molecule has 1 heterocycles. The van der Waals surface area contributed by atoms with Crippen LogP contribution in [0.15, 0.2) is 24.3 Å². The van der Waals surface area contributed by atoms with E-state index in [9.17, 15) is 0 Å². The normalized spacial score (nSPS) is 23.6. The lowest BCUT2D eigenvalue weighted by Crippen LogP contribution is -2.39. The molecule has 1 atom stereocenters. The van der Waals surface area contributed by atoms with E-state index in [4.69, 9.17) is 5.41 Å². The van der Waals surface area contributed by atoms with Gasteiger partial charge in [0, 0.05) is 19.0 Å². The molecule has 0 bridgehead atoms. The average Bonchev–Trinajstić information content (AvgIpc) is 2.47. The van der Waals surface area contributed by atoms with Crippen molar-refractivity contribution in [1.29, 1.82) is 5.41 Å². The summed E-state index contributed by atoms with van der Waals surface area (Å²) in [5.74, 6) is 1.23. The maximum atomic E-state index is 8.53. The molecule has 0 spiro atoms. The van der Waals surface area contributed by atoms with Crippen LogP contribution < -0.4 is 0 Å². The van der Waals surface area contributed by atoms with Crippen LogP contribution >= 0.6 is 0 Å². The van der Waals surface area contributed by atoms with Crippen molar-refractivity contribution >= 4 is 5.84 Å². The molecular weight excluding hydrogens is 220 g/mol.